The Morgan fingerprint density at radius 2 is 1.95 bits per heavy atom. The third kappa shape index (κ3) is 5.73. The Bertz CT molecular complexity index is 1360. The van der Waals surface area contributed by atoms with E-state index in [1.165, 1.54) is 23.6 Å². The molecule has 198 valence electrons. The molecular formula is C27H26F3N5O2S. The maximum Gasteiger partial charge on any atom is 0.433 e. The summed E-state index contributed by atoms with van der Waals surface area (Å²) in [4.78, 5) is 21.7. The minimum absolute atomic E-state index is 0.0692. The molecule has 1 aliphatic heterocycles. The third-order valence-corrected chi connectivity index (χ3v) is 7.39. The van der Waals surface area contributed by atoms with E-state index in [0.29, 0.717) is 48.9 Å². The van der Waals surface area contributed by atoms with Crippen LogP contribution in [0.2, 0.25) is 0 Å². The quantitative estimate of drug-likeness (QED) is 0.302. The van der Waals surface area contributed by atoms with E-state index in [1.807, 2.05) is 54.0 Å². The van der Waals surface area contributed by atoms with Gasteiger partial charge in [-0.2, -0.15) is 13.2 Å². The van der Waals surface area contributed by atoms with Crippen LogP contribution in [0.3, 0.4) is 0 Å². The molecule has 3 aromatic heterocycles. The van der Waals surface area contributed by atoms with E-state index in [1.54, 1.807) is 16.7 Å². The third-order valence-electron chi connectivity index (χ3n) is 6.53. The summed E-state index contributed by atoms with van der Waals surface area (Å²) in [5.74, 6) is 1.18. The number of carbonyl (C=O) groups excluding carboxylic acids is 1. The molecule has 0 unspecified atom stereocenters. The highest BCUT2D eigenvalue weighted by molar-refractivity contribution is 7.12. The highest BCUT2D eigenvalue weighted by atomic mass is 32.1. The van der Waals surface area contributed by atoms with E-state index >= 15 is 0 Å². The molecule has 1 saturated heterocycles. The van der Waals surface area contributed by atoms with Gasteiger partial charge < -0.3 is 4.74 Å². The maximum absolute atomic E-state index is 13.6. The van der Waals surface area contributed by atoms with Crippen molar-refractivity contribution in [2.75, 3.05) is 25.1 Å². The Morgan fingerprint density at radius 3 is 2.61 bits per heavy atom. The first-order chi connectivity index (χ1) is 18.3. The van der Waals surface area contributed by atoms with Gasteiger partial charge in [-0.15, -0.1) is 16.4 Å². The van der Waals surface area contributed by atoms with Crippen molar-refractivity contribution >= 4 is 23.1 Å². The molecule has 1 fully saturated rings. The number of thiophene rings is 1. The van der Waals surface area contributed by atoms with Gasteiger partial charge in [0.2, 0.25) is 0 Å². The predicted molar refractivity (Wildman–Crippen MR) is 139 cm³/mol. The zero-order valence-corrected chi connectivity index (χ0v) is 21.5. The number of carbonyl (C=O) groups is 1. The Balaban J connectivity index is 1.31. The van der Waals surface area contributed by atoms with Crippen molar-refractivity contribution in [1.82, 2.24) is 19.7 Å². The SMILES string of the molecule is COc1cccc(-n2ccc(N(C(=O)c3cccs3)C3CCN(Cc4ccc(C(F)(F)F)nc4)CC3)n2)c1. The van der Waals surface area contributed by atoms with Crippen LogP contribution in [0.1, 0.15) is 33.8 Å². The monoisotopic (exact) mass is 541 g/mol. The van der Waals surface area contributed by atoms with Gasteiger partial charge in [-0.3, -0.25) is 19.6 Å². The summed E-state index contributed by atoms with van der Waals surface area (Å²) in [5, 5.41) is 6.61. The second-order valence-corrected chi connectivity index (χ2v) is 9.98. The number of aromatic nitrogens is 3. The molecule has 11 heteroatoms. The Kier molecular flexibility index (Phi) is 7.48. The second-order valence-electron chi connectivity index (χ2n) is 9.03. The fourth-order valence-electron chi connectivity index (χ4n) is 4.60. The fourth-order valence-corrected chi connectivity index (χ4v) is 5.26. The number of hydrogen-bond donors (Lipinski definition) is 0. The van der Waals surface area contributed by atoms with Crippen molar-refractivity contribution in [3.8, 4) is 11.4 Å². The van der Waals surface area contributed by atoms with Crippen LogP contribution in [-0.4, -0.2) is 51.8 Å². The van der Waals surface area contributed by atoms with Crippen LogP contribution in [-0.2, 0) is 12.7 Å². The zero-order chi connectivity index (χ0) is 26.7. The summed E-state index contributed by atoms with van der Waals surface area (Å²) in [7, 11) is 1.61. The number of rotatable bonds is 7. The van der Waals surface area contributed by atoms with E-state index < -0.39 is 11.9 Å². The van der Waals surface area contributed by atoms with Crippen molar-refractivity contribution in [2.24, 2.45) is 0 Å². The van der Waals surface area contributed by atoms with Gasteiger partial charge in [0, 0.05) is 50.2 Å². The average Bonchev–Trinajstić information content (AvgIpc) is 3.63. The van der Waals surface area contributed by atoms with Crippen molar-refractivity contribution in [3.05, 3.63) is 88.5 Å². The lowest BCUT2D eigenvalue weighted by atomic mass is 10.0. The van der Waals surface area contributed by atoms with Gasteiger partial charge in [0.05, 0.1) is 17.7 Å². The molecule has 1 aliphatic rings. The molecule has 5 rings (SSSR count). The van der Waals surface area contributed by atoms with Crippen LogP contribution < -0.4 is 9.64 Å². The summed E-state index contributed by atoms with van der Waals surface area (Å²) in [6.07, 6.45) is 0.0711. The predicted octanol–water partition coefficient (Wildman–Crippen LogP) is 5.67. The standard InChI is InChI=1S/C27H26F3N5O2S/c1-37-22-5-2-4-21(16-22)34-14-11-25(32-34)35(26(36)23-6-3-15-38-23)20-9-12-33(13-10-20)18-19-7-8-24(31-17-19)27(28,29)30/h2-8,11,14-17,20H,9-10,12-13,18H2,1H3. The van der Waals surface area contributed by atoms with Gasteiger partial charge in [-0.25, -0.2) is 4.68 Å². The van der Waals surface area contributed by atoms with Gasteiger partial charge in [0.15, 0.2) is 5.82 Å². The summed E-state index contributed by atoms with van der Waals surface area (Å²) < 4.78 is 45.5. The number of hydrogen-bond acceptors (Lipinski definition) is 6. The molecular weight excluding hydrogens is 515 g/mol. The van der Waals surface area contributed by atoms with Crippen molar-refractivity contribution in [3.63, 3.8) is 0 Å². The smallest absolute Gasteiger partial charge is 0.433 e. The zero-order valence-electron chi connectivity index (χ0n) is 20.6. The van der Waals surface area contributed by atoms with Crippen LogP contribution in [0.25, 0.3) is 5.69 Å². The number of alkyl halides is 3. The molecule has 0 aliphatic carbocycles. The Labute approximate surface area is 222 Å². The first kappa shape index (κ1) is 25.9. The number of halogens is 3. The lowest BCUT2D eigenvalue weighted by Crippen LogP contribution is -2.47. The van der Waals surface area contributed by atoms with E-state index in [4.69, 9.17) is 9.84 Å². The summed E-state index contributed by atoms with van der Waals surface area (Å²) in [6, 6.07) is 15.4. The van der Waals surface area contributed by atoms with Gasteiger partial charge in [-0.1, -0.05) is 18.2 Å². The highest BCUT2D eigenvalue weighted by Crippen LogP contribution is 2.29. The van der Waals surface area contributed by atoms with Crippen LogP contribution in [0, 0.1) is 0 Å². The number of nitrogens with zero attached hydrogens (tertiary/aromatic N) is 5. The highest BCUT2D eigenvalue weighted by Gasteiger charge is 2.33. The molecule has 38 heavy (non-hydrogen) atoms. The molecule has 1 aromatic carbocycles. The molecule has 0 saturated carbocycles. The van der Waals surface area contributed by atoms with Gasteiger partial charge in [-0.05, 0) is 48.1 Å². The molecule has 7 nitrogen and oxygen atoms in total. The maximum atomic E-state index is 13.6. The number of pyridine rings is 1. The average molecular weight is 542 g/mol. The molecule has 0 N–H and O–H groups in total. The fraction of sp³-hybridized carbons (Fsp3) is 0.296. The second kappa shape index (κ2) is 11.0. The molecule has 4 aromatic rings. The summed E-state index contributed by atoms with van der Waals surface area (Å²) in [6.45, 7) is 1.88. The molecule has 0 spiro atoms. The largest absolute Gasteiger partial charge is 0.497 e. The van der Waals surface area contributed by atoms with Crippen LogP contribution in [0.15, 0.2) is 72.4 Å². The van der Waals surface area contributed by atoms with Crippen LogP contribution >= 0.6 is 11.3 Å². The minimum atomic E-state index is -4.45. The van der Waals surface area contributed by atoms with E-state index in [9.17, 15) is 18.0 Å². The van der Waals surface area contributed by atoms with E-state index in [-0.39, 0.29) is 11.9 Å². The topological polar surface area (TPSA) is 63.5 Å². The molecule has 1 amide bonds. The Morgan fingerprint density at radius 1 is 1.13 bits per heavy atom. The first-order valence-electron chi connectivity index (χ1n) is 12.1. The van der Waals surface area contributed by atoms with Crippen molar-refractivity contribution < 1.29 is 22.7 Å². The normalized spacial score (nSPS) is 14.9. The molecule has 4 heterocycles. The van der Waals surface area contributed by atoms with Gasteiger partial charge in [0.1, 0.15) is 11.4 Å². The van der Waals surface area contributed by atoms with Crippen molar-refractivity contribution in [1.29, 1.82) is 0 Å². The number of benzene rings is 1. The summed E-state index contributed by atoms with van der Waals surface area (Å²) in [5.41, 5.74) is 0.648. The molecule has 0 radical (unpaired) electrons. The first-order valence-corrected chi connectivity index (χ1v) is 13.0. The molecule has 0 atom stereocenters. The van der Waals surface area contributed by atoms with Crippen LogP contribution in [0.5, 0.6) is 5.75 Å². The minimum Gasteiger partial charge on any atom is -0.497 e. The Hall–Kier alpha value is -3.70. The summed E-state index contributed by atoms with van der Waals surface area (Å²) >= 11 is 1.39. The van der Waals surface area contributed by atoms with E-state index in [0.717, 1.165) is 17.3 Å². The number of piperidine rings is 1. The van der Waals surface area contributed by atoms with Gasteiger partial charge in [0.25, 0.3) is 5.91 Å². The van der Waals surface area contributed by atoms with Crippen molar-refractivity contribution in [2.45, 2.75) is 31.6 Å². The lowest BCUT2D eigenvalue weighted by molar-refractivity contribution is -0.141. The molecule has 0 bridgehead atoms. The van der Waals surface area contributed by atoms with Crippen LogP contribution in [0.4, 0.5) is 19.0 Å². The van der Waals surface area contributed by atoms with Gasteiger partial charge >= 0.3 is 6.18 Å². The number of likely N-dealkylation sites (tertiary alicyclic amines) is 1. The lowest BCUT2D eigenvalue weighted by Gasteiger charge is -2.37. The number of amides is 1. The number of methoxy groups -OCH3 is 1. The number of anilines is 1. The number of ether oxygens (including phenoxy) is 1. The van der Waals surface area contributed by atoms with E-state index in [2.05, 4.69) is 9.88 Å².